The molecule has 0 aliphatic carbocycles. The fourth-order valence-electron chi connectivity index (χ4n) is 7.58. The maximum atomic E-state index is 4.94. The first-order chi connectivity index (χ1) is 27.3. The zero-order valence-corrected chi connectivity index (χ0v) is 29.9. The van der Waals surface area contributed by atoms with Gasteiger partial charge in [-0.2, -0.15) is 0 Å². The van der Waals surface area contributed by atoms with Gasteiger partial charge < -0.3 is 4.57 Å². The standard InChI is InChI=1S/C51H34N4/c1-4-14-35(15-5-1)36-28-31-42(32-29-36)55-47-23-13-12-22-45(47)46-34-41(30-33-48(46)55)44-21-11-10-20-43(44)37-24-26-40(27-25-37)51-53-49(38-16-6-2-7-17-38)52-50(54-51)39-18-8-3-9-19-39/h1-34H. The highest BCUT2D eigenvalue weighted by Crippen LogP contribution is 2.39. The van der Waals surface area contributed by atoms with E-state index in [-0.39, 0.29) is 0 Å². The molecule has 8 aromatic carbocycles. The second-order valence-electron chi connectivity index (χ2n) is 13.7. The summed E-state index contributed by atoms with van der Waals surface area (Å²) < 4.78 is 2.38. The molecule has 0 fully saturated rings. The number of nitrogens with zero attached hydrogens (tertiary/aromatic N) is 4. The summed E-state index contributed by atoms with van der Waals surface area (Å²) in [7, 11) is 0. The van der Waals surface area contributed by atoms with Gasteiger partial charge in [0.15, 0.2) is 17.5 Å². The van der Waals surface area contributed by atoms with E-state index >= 15 is 0 Å². The van der Waals surface area contributed by atoms with Crippen molar-refractivity contribution in [3.05, 3.63) is 206 Å². The van der Waals surface area contributed by atoms with Gasteiger partial charge in [-0.3, -0.25) is 0 Å². The second kappa shape index (κ2) is 13.8. The first-order valence-corrected chi connectivity index (χ1v) is 18.5. The minimum Gasteiger partial charge on any atom is -0.309 e. The number of aromatic nitrogens is 4. The Bertz CT molecular complexity index is 2880. The second-order valence-corrected chi connectivity index (χ2v) is 13.7. The fourth-order valence-corrected chi connectivity index (χ4v) is 7.58. The third-order valence-electron chi connectivity index (χ3n) is 10.3. The van der Waals surface area contributed by atoms with Crippen LogP contribution in [0.25, 0.3) is 95.0 Å². The van der Waals surface area contributed by atoms with Gasteiger partial charge in [0.1, 0.15) is 0 Å². The molecule has 2 aromatic heterocycles. The van der Waals surface area contributed by atoms with Crippen molar-refractivity contribution >= 4 is 21.8 Å². The van der Waals surface area contributed by atoms with E-state index in [0.29, 0.717) is 17.5 Å². The summed E-state index contributed by atoms with van der Waals surface area (Å²) in [5.41, 5.74) is 13.4. The Morgan fingerprint density at radius 2 is 0.673 bits per heavy atom. The monoisotopic (exact) mass is 702 g/mol. The van der Waals surface area contributed by atoms with E-state index in [1.807, 2.05) is 60.7 Å². The normalized spacial score (nSPS) is 11.3. The number of hydrogen-bond acceptors (Lipinski definition) is 3. The summed E-state index contributed by atoms with van der Waals surface area (Å²) in [6.45, 7) is 0. The molecule has 0 saturated carbocycles. The Balaban J connectivity index is 1.02. The maximum Gasteiger partial charge on any atom is 0.164 e. The lowest BCUT2D eigenvalue weighted by atomic mass is 9.93. The number of rotatable bonds is 7. The number of para-hydroxylation sites is 1. The van der Waals surface area contributed by atoms with Crippen molar-refractivity contribution in [1.82, 2.24) is 19.5 Å². The predicted molar refractivity (Wildman–Crippen MR) is 227 cm³/mol. The van der Waals surface area contributed by atoms with Crippen LogP contribution in [-0.4, -0.2) is 19.5 Å². The molecule has 4 heteroatoms. The van der Waals surface area contributed by atoms with Gasteiger partial charge in [-0.15, -0.1) is 0 Å². The Hall–Kier alpha value is -7.43. The molecule has 55 heavy (non-hydrogen) atoms. The van der Waals surface area contributed by atoms with Gasteiger partial charge in [0.25, 0.3) is 0 Å². The molecule has 0 N–H and O–H groups in total. The van der Waals surface area contributed by atoms with Gasteiger partial charge in [0.2, 0.25) is 0 Å². The van der Waals surface area contributed by atoms with E-state index in [9.17, 15) is 0 Å². The minimum absolute atomic E-state index is 0.643. The topological polar surface area (TPSA) is 43.6 Å². The van der Waals surface area contributed by atoms with Gasteiger partial charge in [-0.05, 0) is 63.7 Å². The lowest BCUT2D eigenvalue weighted by molar-refractivity contribution is 1.07. The van der Waals surface area contributed by atoms with Crippen molar-refractivity contribution in [2.24, 2.45) is 0 Å². The van der Waals surface area contributed by atoms with Crippen LogP contribution in [0.15, 0.2) is 206 Å². The number of hydrogen-bond donors (Lipinski definition) is 0. The van der Waals surface area contributed by atoms with Crippen LogP contribution in [0.3, 0.4) is 0 Å². The maximum absolute atomic E-state index is 4.94. The molecule has 0 bridgehead atoms. The molecule has 2 heterocycles. The van der Waals surface area contributed by atoms with E-state index in [4.69, 9.17) is 15.0 Å². The highest BCUT2D eigenvalue weighted by atomic mass is 15.0. The van der Waals surface area contributed by atoms with Crippen molar-refractivity contribution < 1.29 is 0 Å². The van der Waals surface area contributed by atoms with E-state index in [0.717, 1.165) is 27.9 Å². The zero-order valence-electron chi connectivity index (χ0n) is 29.9. The first kappa shape index (κ1) is 32.2. The molecule has 10 aromatic rings. The van der Waals surface area contributed by atoms with Crippen LogP contribution >= 0.6 is 0 Å². The third-order valence-corrected chi connectivity index (χ3v) is 10.3. The predicted octanol–water partition coefficient (Wildman–Crippen LogP) is 13.0. The summed E-state index contributed by atoms with van der Waals surface area (Å²) in [6.07, 6.45) is 0. The summed E-state index contributed by atoms with van der Waals surface area (Å²) in [5, 5.41) is 2.46. The summed E-state index contributed by atoms with van der Waals surface area (Å²) in [6, 6.07) is 72.4. The molecule has 0 radical (unpaired) electrons. The molecular formula is C51H34N4. The van der Waals surface area contributed by atoms with Crippen LogP contribution in [0.1, 0.15) is 0 Å². The van der Waals surface area contributed by atoms with Gasteiger partial charge >= 0.3 is 0 Å². The molecule has 0 aliphatic rings. The average molecular weight is 703 g/mol. The smallest absolute Gasteiger partial charge is 0.164 e. The van der Waals surface area contributed by atoms with Crippen molar-refractivity contribution in [2.45, 2.75) is 0 Å². The van der Waals surface area contributed by atoms with Crippen LogP contribution < -0.4 is 0 Å². The van der Waals surface area contributed by atoms with Crippen LogP contribution in [0.5, 0.6) is 0 Å². The molecule has 258 valence electrons. The number of benzene rings is 8. The summed E-state index contributed by atoms with van der Waals surface area (Å²) in [4.78, 5) is 14.7. The minimum atomic E-state index is 0.643. The molecular weight excluding hydrogens is 669 g/mol. The Kier molecular flexibility index (Phi) is 8.12. The van der Waals surface area contributed by atoms with Crippen LogP contribution in [0.2, 0.25) is 0 Å². The molecule has 4 nitrogen and oxygen atoms in total. The average Bonchev–Trinajstić information content (AvgIpc) is 3.61. The lowest BCUT2D eigenvalue weighted by Gasteiger charge is -2.13. The van der Waals surface area contributed by atoms with Gasteiger partial charge in [-0.25, -0.2) is 15.0 Å². The Morgan fingerprint density at radius 3 is 1.27 bits per heavy atom. The molecule has 0 amide bonds. The quantitative estimate of drug-likeness (QED) is 0.166. The third kappa shape index (κ3) is 6.06. The molecule has 0 aliphatic heterocycles. The van der Waals surface area contributed by atoms with Gasteiger partial charge in [0, 0.05) is 33.2 Å². The van der Waals surface area contributed by atoms with Gasteiger partial charge in [-0.1, -0.05) is 176 Å². The lowest BCUT2D eigenvalue weighted by Crippen LogP contribution is -2.00. The van der Waals surface area contributed by atoms with E-state index in [1.165, 1.54) is 49.6 Å². The fraction of sp³-hybridized carbons (Fsp3) is 0. The van der Waals surface area contributed by atoms with E-state index in [2.05, 4.69) is 150 Å². The number of fused-ring (bicyclic) bond motifs is 3. The summed E-state index contributed by atoms with van der Waals surface area (Å²) in [5.74, 6) is 1.95. The Morgan fingerprint density at radius 1 is 0.273 bits per heavy atom. The molecule has 0 unspecified atom stereocenters. The molecule has 0 atom stereocenters. The van der Waals surface area contributed by atoms with Gasteiger partial charge in [0.05, 0.1) is 11.0 Å². The van der Waals surface area contributed by atoms with Crippen LogP contribution in [-0.2, 0) is 0 Å². The molecule has 0 saturated heterocycles. The first-order valence-electron chi connectivity index (χ1n) is 18.5. The molecule has 0 spiro atoms. The SMILES string of the molecule is c1ccc(-c2ccc(-n3c4ccccc4c4cc(-c5ccccc5-c5ccc(-c6nc(-c7ccccc7)nc(-c7ccccc7)n6)cc5)ccc43)cc2)cc1. The van der Waals surface area contributed by atoms with Crippen molar-refractivity contribution in [3.8, 4) is 73.2 Å². The highest BCUT2D eigenvalue weighted by molar-refractivity contribution is 6.10. The largest absolute Gasteiger partial charge is 0.309 e. The van der Waals surface area contributed by atoms with Crippen molar-refractivity contribution in [2.75, 3.05) is 0 Å². The highest BCUT2D eigenvalue weighted by Gasteiger charge is 2.16. The Labute approximate surface area is 319 Å². The summed E-state index contributed by atoms with van der Waals surface area (Å²) >= 11 is 0. The zero-order chi connectivity index (χ0) is 36.6. The van der Waals surface area contributed by atoms with E-state index in [1.54, 1.807) is 0 Å². The molecule has 10 rings (SSSR count). The van der Waals surface area contributed by atoms with Crippen LogP contribution in [0.4, 0.5) is 0 Å². The van der Waals surface area contributed by atoms with E-state index < -0.39 is 0 Å². The van der Waals surface area contributed by atoms with Crippen molar-refractivity contribution in [1.29, 1.82) is 0 Å². The van der Waals surface area contributed by atoms with Crippen molar-refractivity contribution in [3.63, 3.8) is 0 Å². The van der Waals surface area contributed by atoms with Crippen LogP contribution in [0, 0.1) is 0 Å².